The second-order valence-corrected chi connectivity index (χ2v) is 10.0. The zero-order valence-electron chi connectivity index (χ0n) is 18.1. The fourth-order valence-electron chi connectivity index (χ4n) is 4.77. The maximum atomic E-state index is 12.7. The molecule has 0 bridgehead atoms. The van der Waals surface area contributed by atoms with Crippen LogP contribution in [0.2, 0.25) is 0 Å². The Hall–Kier alpha value is -1.39. The van der Waals surface area contributed by atoms with Gasteiger partial charge in [0.1, 0.15) is 0 Å². The summed E-state index contributed by atoms with van der Waals surface area (Å²) < 4.78 is 30.5. The van der Waals surface area contributed by atoms with E-state index in [9.17, 15) is 13.2 Å². The number of aromatic nitrogens is 2. The Kier molecular flexibility index (Phi) is 6.52. The number of carbonyl (C=O) groups is 1. The van der Waals surface area contributed by atoms with Crippen LogP contribution in [0.3, 0.4) is 0 Å². The summed E-state index contributed by atoms with van der Waals surface area (Å²) in [5.74, 6) is 0. The number of hydrogen-bond acceptors (Lipinski definition) is 5. The third-order valence-corrected chi connectivity index (χ3v) is 7.60. The van der Waals surface area contributed by atoms with Crippen molar-refractivity contribution in [2.75, 3.05) is 18.4 Å². The monoisotopic (exact) mass is 451 g/mol. The van der Waals surface area contributed by atoms with Gasteiger partial charge in [-0.05, 0) is 92.0 Å². The third-order valence-electron chi connectivity index (χ3n) is 6.46. The van der Waals surface area contributed by atoms with Gasteiger partial charge in [0.05, 0.1) is 5.69 Å². The number of rotatable bonds is 5. The summed E-state index contributed by atoms with van der Waals surface area (Å²) in [4.78, 5) is 14.8. The average Bonchev–Trinajstić information content (AvgIpc) is 3.37. The number of fused-ring (bicyclic) bond motifs is 2. The first-order valence-electron chi connectivity index (χ1n) is 10.6. The smallest absolute Gasteiger partial charge is 0.423 e. The Morgan fingerprint density at radius 2 is 1.71 bits per heavy atom. The first-order valence-corrected chi connectivity index (χ1v) is 12.1. The number of nitrogens with one attached hydrogen (secondary N) is 1. The first-order chi connectivity index (χ1) is 14.4. The maximum absolute atomic E-state index is 12.7. The third kappa shape index (κ3) is 4.43. The van der Waals surface area contributed by atoms with Gasteiger partial charge in [-0.3, -0.25) is 14.4 Å². The van der Waals surface area contributed by atoms with Crippen molar-refractivity contribution in [3.8, 4) is 0 Å². The van der Waals surface area contributed by atoms with Crippen LogP contribution in [-0.4, -0.2) is 42.2 Å². The molecule has 5 rings (SSSR count). The average molecular weight is 452 g/mol. The van der Waals surface area contributed by atoms with Crippen LogP contribution in [0.4, 0.5) is 10.5 Å². The summed E-state index contributed by atoms with van der Waals surface area (Å²) in [6.45, 7) is 2.66. The Labute approximate surface area is 205 Å². The van der Waals surface area contributed by atoms with E-state index >= 15 is 0 Å². The molecule has 2 aliphatic carbocycles. The van der Waals surface area contributed by atoms with Crippen molar-refractivity contribution in [3.05, 3.63) is 44.8 Å². The number of likely N-dealkylation sites (tertiary alicyclic amines) is 1. The molecule has 2 aromatic rings. The summed E-state index contributed by atoms with van der Waals surface area (Å²) in [7, 11) is -2.46. The van der Waals surface area contributed by atoms with E-state index < -0.39 is 16.1 Å². The molecule has 2 amide bonds. The second kappa shape index (κ2) is 8.86. The molecule has 1 saturated heterocycles. The number of anilines is 1. The van der Waals surface area contributed by atoms with Crippen molar-refractivity contribution >= 4 is 21.7 Å². The first kappa shape index (κ1) is 22.8. The van der Waals surface area contributed by atoms with Crippen molar-refractivity contribution in [1.29, 1.82) is 0 Å². The molecule has 1 N–H and O–H groups in total. The maximum Gasteiger partial charge on any atom is 1.00 e. The van der Waals surface area contributed by atoms with Crippen molar-refractivity contribution in [2.24, 2.45) is 7.05 Å². The van der Waals surface area contributed by atoms with Gasteiger partial charge in [0, 0.05) is 13.6 Å². The van der Waals surface area contributed by atoms with E-state index in [4.69, 9.17) is 0 Å². The molecular weight excluding hydrogens is 425 g/mol. The summed E-state index contributed by atoms with van der Waals surface area (Å²) in [6.07, 6.45) is 7.11. The van der Waals surface area contributed by atoms with Crippen LogP contribution in [0.1, 0.15) is 47.2 Å². The van der Waals surface area contributed by atoms with E-state index in [-0.39, 0.29) is 34.6 Å². The normalized spacial score (nSPS) is 17.5. The number of hydrogen-bond donors (Lipinski definition) is 1. The molecule has 0 atom stereocenters. The molecule has 10 heteroatoms. The van der Waals surface area contributed by atoms with Crippen LogP contribution in [0.15, 0.2) is 17.2 Å². The van der Waals surface area contributed by atoms with Crippen LogP contribution < -0.4 is 34.9 Å². The number of urea groups is 1. The zero-order valence-corrected chi connectivity index (χ0v) is 21.0. The number of benzene rings is 1. The Morgan fingerprint density at radius 1 is 1.06 bits per heavy atom. The number of sulfonamides is 1. The van der Waals surface area contributed by atoms with E-state index in [0.717, 1.165) is 80.5 Å². The largest absolute Gasteiger partial charge is 1.00 e. The van der Waals surface area contributed by atoms with E-state index in [1.807, 2.05) is 0 Å². The van der Waals surface area contributed by atoms with Gasteiger partial charge in [0.2, 0.25) is 10.0 Å². The van der Waals surface area contributed by atoms with Gasteiger partial charge in [-0.25, -0.2) is 8.42 Å². The van der Waals surface area contributed by atoms with Crippen LogP contribution in [0, 0.1) is 0 Å². The standard InChI is InChI=1S/C21H27N5O3S.Na/c1-25-16(13-26-9-4-10-26)12-19(23-25)30(28,29)24-21(27)22-20-17-7-2-5-14(17)11-15-6-3-8-18(15)20;/h11-12H,2-10,13H2,1H3,(H2,22,24,27);/q;+1/p-1. The Bertz CT molecular complexity index is 1090. The van der Waals surface area contributed by atoms with Crippen molar-refractivity contribution in [3.63, 3.8) is 0 Å². The van der Waals surface area contributed by atoms with Gasteiger partial charge in [0.25, 0.3) is 0 Å². The topological polar surface area (TPSA) is 98.4 Å². The molecule has 2 heterocycles. The van der Waals surface area contributed by atoms with Crippen molar-refractivity contribution < 1.29 is 42.8 Å². The quantitative estimate of drug-likeness (QED) is 0.641. The molecule has 0 radical (unpaired) electrons. The molecule has 1 aliphatic heterocycles. The van der Waals surface area contributed by atoms with Crippen LogP contribution >= 0.6 is 0 Å². The predicted octanol–water partition coefficient (Wildman–Crippen LogP) is -0.0983. The molecule has 1 fully saturated rings. The minimum absolute atomic E-state index is 0. The van der Waals surface area contributed by atoms with E-state index in [1.54, 1.807) is 11.7 Å². The molecule has 1 aromatic carbocycles. The van der Waals surface area contributed by atoms with Gasteiger partial charge in [0.15, 0.2) is 11.1 Å². The summed E-state index contributed by atoms with van der Waals surface area (Å²) in [5, 5.41) is 6.73. The second-order valence-electron chi connectivity index (χ2n) is 8.46. The van der Waals surface area contributed by atoms with Crippen molar-refractivity contribution in [2.45, 2.75) is 56.5 Å². The fourth-order valence-corrected chi connectivity index (χ4v) is 5.64. The predicted molar refractivity (Wildman–Crippen MR) is 113 cm³/mol. The molecule has 1 aromatic heterocycles. The summed E-state index contributed by atoms with van der Waals surface area (Å²) in [6, 6.07) is 2.93. The van der Waals surface area contributed by atoms with Gasteiger partial charge < -0.3 is 10.0 Å². The molecule has 0 unspecified atom stereocenters. The molecule has 0 spiro atoms. The summed E-state index contributed by atoms with van der Waals surface area (Å²) in [5.41, 5.74) is 6.42. The van der Waals surface area contributed by atoms with E-state index in [0.29, 0.717) is 6.54 Å². The van der Waals surface area contributed by atoms with Crippen LogP contribution in [0.25, 0.3) is 4.72 Å². The SMILES string of the molecule is Cn1nc(S(=O)(=O)[N-]C(=O)Nc2c3c(cc4c2CCC4)CCC3)cc1CN1CCC1.[Na+]. The minimum Gasteiger partial charge on any atom is -0.423 e. The van der Waals surface area contributed by atoms with Crippen LogP contribution in [-0.2, 0) is 49.3 Å². The number of nitrogens with zero attached hydrogens (tertiary/aromatic N) is 4. The summed E-state index contributed by atoms with van der Waals surface area (Å²) >= 11 is 0. The molecule has 160 valence electrons. The molecule has 31 heavy (non-hydrogen) atoms. The molecule has 3 aliphatic rings. The number of aryl methyl sites for hydroxylation is 3. The van der Waals surface area contributed by atoms with Gasteiger partial charge in [-0.2, -0.15) is 5.10 Å². The molecular formula is C21H26N5NaO3S. The minimum atomic E-state index is -4.17. The Morgan fingerprint density at radius 3 is 2.29 bits per heavy atom. The van der Waals surface area contributed by atoms with Gasteiger partial charge in [-0.1, -0.05) is 6.07 Å². The van der Waals surface area contributed by atoms with Crippen molar-refractivity contribution in [1.82, 2.24) is 14.7 Å². The van der Waals surface area contributed by atoms with Gasteiger partial charge in [-0.15, -0.1) is 0 Å². The van der Waals surface area contributed by atoms with E-state index in [2.05, 4.69) is 26.1 Å². The number of carbonyl (C=O) groups excluding carboxylic acids is 1. The number of amides is 2. The fraction of sp³-hybridized carbons (Fsp3) is 0.524. The van der Waals surface area contributed by atoms with E-state index in [1.165, 1.54) is 17.2 Å². The van der Waals surface area contributed by atoms with Crippen LogP contribution in [0.5, 0.6) is 0 Å². The molecule has 0 saturated carbocycles. The Balaban J connectivity index is 0.00000231. The molecule has 8 nitrogen and oxygen atoms in total. The zero-order chi connectivity index (χ0) is 20.9. The van der Waals surface area contributed by atoms with Gasteiger partial charge >= 0.3 is 29.6 Å².